The fourth-order valence-corrected chi connectivity index (χ4v) is 1.80. The van der Waals surface area contributed by atoms with E-state index < -0.39 is 0 Å². The zero-order chi connectivity index (χ0) is 13.7. The van der Waals surface area contributed by atoms with Gasteiger partial charge in [-0.25, -0.2) is 0 Å². The van der Waals surface area contributed by atoms with Crippen molar-refractivity contribution in [2.45, 2.75) is 12.8 Å². The van der Waals surface area contributed by atoms with Crippen molar-refractivity contribution in [3.8, 4) is 17.1 Å². The van der Waals surface area contributed by atoms with Gasteiger partial charge < -0.3 is 4.74 Å². The maximum atomic E-state index is 6.17. The molecule has 0 radical (unpaired) electrons. The molecule has 6 heteroatoms. The van der Waals surface area contributed by atoms with Crippen LogP contribution in [0.1, 0.15) is 12.8 Å². The molecule has 19 heavy (non-hydrogen) atoms. The second-order valence-electron chi connectivity index (χ2n) is 4.03. The van der Waals surface area contributed by atoms with Crippen LogP contribution in [0.15, 0.2) is 30.9 Å². The number of ether oxygens (including phenoxy) is 1. The molecule has 0 fully saturated rings. The van der Waals surface area contributed by atoms with Crippen molar-refractivity contribution in [3.05, 3.63) is 35.9 Å². The van der Waals surface area contributed by atoms with Gasteiger partial charge in [0.15, 0.2) is 0 Å². The van der Waals surface area contributed by atoms with E-state index in [0.29, 0.717) is 23.2 Å². The normalized spacial score (nSPS) is 10.4. The Morgan fingerprint density at radius 3 is 2.95 bits per heavy atom. The number of hydrogen-bond donors (Lipinski definition) is 0. The topological polar surface area (TPSA) is 52.8 Å². The number of allylic oxidation sites excluding steroid dienone is 1. The average Bonchev–Trinajstić information content (AvgIpc) is 2.83. The van der Waals surface area contributed by atoms with Gasteiger partial charge in [-0.15, -0.1) is 16.8 Å². The van der Waals surface area contributed by atoms with Crippen molar-refractivity contribution in [2.75, 3.05) is 6.61 Å². The molecule has 0 aliphatic heterocycles. The number of halogens is 1. The van der Waals surface area contributed by atoms with Crippen LogP contribution >= 0.6 is 11.6 Å². The van der Waals surface area contributed by atoms with Crippen LogP contribution in [0.5, 0.6) is 5.75 Å². The maximum absolute atomic E-state index is 6.17. The van der Waals surface area contributed by atoms with Gasteiger partial charge in [-0.05, 0) is 36.3 Å². The van der Waals surface area contributed by atoms with Crippen LogP contribution in [0.25, 0.3) is 11.4 Å². The SMILES string of the molecule is C=CCCCOc1ccc(-c2nnn(C)n2)cc1Cl. The van der Waals surface area contributed by atoms with E-state index >= 15 is 0 Å². The van der Waals surface area contributed by atoms with Crippen molar-refractivity contribution >= 4 is 11.6 Å². The highest BCUT2D eigenvalue weighted by Gasteiger charge is 2.08. The lowest BCUT2D eigenvalue weighted by Gasteiger charge is -2.07. The van der Waals surface area contributed by atoms with Gasteiger partial charge in [0.2, 0.25) is 5.82 Å². The summed E-state index contributed by atoms with van der Waals surface area (Å²) in [6.07, 6.45) is 3.72. The third-order valence-corrected chi connectivity index (χ3v) is 2.80. The first-order valence-electron chi connectivity index (χ1n) is 5.98. The molecule has 1 aromatic carbocycles. The third-order valence-electron chi connectivity index (χ3n) is 2.51. The molecule has 100 valence electrons. The van der Waals surface area contributed by atoms with Crippen LogP contribution in [0, 0.1) is 0 Å². The zero-order valence-corrected chi connectivity index (χ0v) is 11.5. The molecule has 5 nitrogen and oxygen atoms in total. The van der Waals surface area contributed by atoms with Gasteiger partial charge in [-0.1, -0.05) is 17.7 Å². The molecule has 0 spiro atoms. The summed E-state index contributed by atoms with van der Waals surface area (Å²) in [6.45, 7) is 4.29. The van der Waals surface area contributed by atoms with Crippen molar-refractivity contribution in [3.63, 3.8) is 0 Å². The Labute approximate surface area is 116 Å². The Bertz CT molecular complexity index is 568. The van der Waals surface area contributed by atoms with Crippen LogP contribution in [-0.4, -0.2) is 26.8 Å². The first kappa shape index (κ1) is 13.5. The van der Waals surface area contributed by atoms with Gasteiger partial charge in [0.1, 0.15) is 5.75 Å². The van der Waals surface area contributed by atoms with Crippen molar-refractivity contribution < 1.29 is 4.74 Å². The molecule has 0 N–H and O–H groups in total. The number of aryl methyl sites for hydroxylation is 1. The van der Waals surface area contributed by atoms with E-state index in [9.17, 15) is 0 Å². The molecule has 0 atom stereocenters. The molecule has 0 aliphatic carbocycles. The summed E-state index contributed by atoms with van der Waals surface area (Å²) in [5.41, 5.74) is 0.816. The standard InChI is InChI=1S/C13H15ClN4O/c1-3-4-5-8-19-12-7-6-10(9-11(12)14)13-15-17-18(2)16-13/h3,6-7,9H,1,4-5,8H2,2H3. The smallest absolute Gasteiger partial charge is 0.204 e. The molecule has 0 saturated carbocycles. The lowest BCUT2D eigenvalue weighted by atomic mass is 10.2. The van der Waals surface area contributed by atoms with E-state index in [0.717, 1.165) is 18.4 Å². The van der Waals surface area contributed by atoms with E-state index in [1.165, 1.54) is 4.80 Å². The van der Waals surface area contributed by atoms with Gasteiger partial charge in [-0.2, -0.15) is 4.80 Å². The minimum absolute atomic E-state index is 0.544. The fourth-order valence-electron chi connectivity index (χ4n) is 1.57. The lowest BCUT2D eigenvalue weighted by Crippen LogP contribution is -1.97. The van der Waals surface area contributed by atoms with E-state index in [4.69, 9.17) is 16.3 Å². The van der Waals surface area contributed by atoms with Gasteiger partial charge in [0.05, 0.1) is 18.7 Å². The molecule has 0 amide bonds. The monoisotopic (exact) mass is 278 g/mol. The van der Waals surface area contributed by atoms with E-state index in [2.05, 4.69) is 22.0 Å². The van der Waals surface area contributed by atoms with E-state index in [1.807, 2.05) is 18.2 Å². The number of tetrazole rings is 1. The molecule has 0 bridgehead atoms. The number of unbranched alkanes of at least 4 members (excludes halogenated alkanes) is 1. The Hall–Kier alpha value is -1.88. The summed E-state index contributed by atoms with van der Waals surface area (Å²) in [5, 5.41) is 12.4. The summed E-state index contributed by atoms with van der Waals surface area (Å²) in [5.74, 6) is 1.21. The Balaban J connectivity index is 2.06. The molecule has 1 heterocycles. The second-order valence-corrected chi connectivity index (χ2v) is 4.43. The lowest BCUT2D eigenvalue weighted by molar-refractivity contribution is 0.312. The third kappa shape index (κ3) is 3.54. The number of aromatic nitrogens is 4. The predicted octanol–water partition coefficient (Wildman–Crippen LogP) is 2.88. The predicted molar refractivity (Wildman–Crippen MR) is 74.2 cm³/mol. The number of hydrogen-bond acceptors (Lipinski definition) is 4. The minimum Gasteiger partial charge on any atom is -0.492 e. The molecular formula is C13H15ClN4O. The molecule has 2 aromatic rings. The zero-order valence-electron chi connectivity index (χ0n) is 10.7. The minimum atomic E-state index is 0.544. The number of nitrogens with zero attached hydrogens (tertiary/aromatic N) is 4. The fraction of sp³-hybridized carbons (Fsp3) is 0.308. The second kappa shape index (κ2) is 6.33. The summed E-state index contributed by atoms with van der Waals surface area (Å²) < 4.78 is 5.59. The maximum Gasteiger partial charge on any atom is 0.204 e. The summed E-state index contributed by atoms with van der Waals surface area (Å²) >= 11 is 6.17. The van der Waals surface area contributed by atoms with Crippen molar-refractivity contribution in [1.29, 1.82) is 0 Å². The highest BCUT2D eigenvalue weighted by atomic mass is 35.5. The van der Waals surface area contributed by atoms with E-state index in [1.54, 1.807) is 13.1 Å². The number of benzene rings is 1. The van der Waals surface area contributed by atoms with Crippen LogP contribution in [0.2, 0.25) is 5.02 Å². The molecule has 0 unspecified atom stereocenters. The summed E-state index contributed by atoms with van der Waals surface area (Å²) in [6, 6.07) is 5.47. The average molecular weight is 279 g/mol. The first-order valence-corrected chi connectivity index (χ1v) is 6.36. The Morgan fingerprint density at radius 2 is 2.32 bits per heavy atom. The van der Waals surface area contributed by atoms with Gasteiger partial charge in [0, 0.05) is 5.56 Å². The Kier molecular flexibility index (Phi) is 4.52. The van der Waals surface area contributed by atoms with Gasteiger partial charge in [0.25, 0.3) is 0 Å². The quantitative estimate of drug-likeness (QED) is 0.602. The molecular weight excluding hydrogens is 264 g/mol. The highest BCUT2D eigenvalue weighted by molar-refractivity contribution is 6.32. The van der Waals surface area contributed by atoms with Gasteiger partial charge in [-0.3, -0.25) is 0 Å². The molecule has 2 rings (SSSR count). The number of rotatable bonds is 6. The van der Waals surface area contributed by atoms with Crippen LogP contribution in [-0.2, 0) is 7.05 Å². The largest absolute Gasteiger partial charge is 0.492 e. The molecule has 0 aliphatic rings. The summed E-state index contributed by atoms with van der Waals surface area (Å²) in [7, 11) is 1.72. The van der Waals surface area contributed by atoms with E-state index in [-0.39, 0.29) is 0 Å². The molecule has 1 aromatic heterocycles. The van der Waals surface area contributed by atoms with Gasteiger partial charge >= 0.3 is 0 Å². The van der Waals surface area contributed by atoms with Crippen LogP contribution in [0.4, 0.5) is 0 Å². The van der Waals surface area contributed by atoms with Crippen molar-refractivity contribution in [1.82, 2.24) is 20.2 Å². The first-order chi connectivity index (χ1) is 9.20. The van der Waals surface area contributed by atoms with Crippen LogP contribution in [0.3, 0.4) is 0 Å². The summed E-state index contributed by atoms with van der Waals surface area (Å²) in [4.78, 5) is 1.41. The molecule has 0 saturated heterocycles. The Morgan fingerprint density at radius 1 is 1.47 bits per heavy atom. The van der Waals surface area contributed by atoms with Crippen LogP contribution < -0.4 is 4.74 Å². The van der Waals surface area contributed by atoms with Crippen molar-refractivity contribution in [2.24, 2.45) is 7.05 Å². The highest BCUT2D eigenvalue weighted by Crippen LogP contribution is 2.28.